The highest BCUT2D eigenvalue weighted by Crippen LogP contribution is 2.37. The molecular weight excluding hydrogens is 1550 g/mol. The predicted octanol–water partition coefficient (Wildman–Crippen LogP) is 29.0. The van der Waals surface area contributed by atoms with Crippen LogP contribution >= 0.6 is 28.3 Å². The van der Waals surface area contributed by atoms with Crippen molar-refractivity contribution in [3.8, 4) is 0 Å². The van der Waals surface area contributed by atoms with Crippen molar-refractivity contribution >= 4 is 90.0 Å². The average Bonchev–Trinajstić information content (AvgIpc) is 0.911. The number of aliphatic imine (C=N–C) groups is 1. The first-order valence-electron chi connectivity index (χ1n) is 38.2. The topological polar surface area (TPSA) is 67.5 Å². The van der Waals surface area contributed by atoms with E-state index in [9.17, 15) is 44.3 Å². The number of carbonyl (C=O) groups is 1. The zero-order valence-corrected chi connectivity index (χ0v) is 67.2. The largest absolute Gasteiger partial charge is 0.416 e. The first-order valence-corrected chi connectivity index (χ1v) is 39.4. The van der Waals surface area contributed by atoms with Crippen molar-refractivity contribution < 1.29 is 44.3 Å². The van der Waals surface area contributed by atoms with Crippen molar-refractivity contribution in [1.82, 2.24) is 5.32 Å². The lowest BCUT2D eigenvalue weighted by molar-refractivity contribution is -0.138. The molecule has 14 aromatic rings. The van der Waals surface area contributed by atoms with Crippen molar-refractivity contribution in [3.05, 3.63) is 412 Å². The molecule has 594 valence electrons. The molecule has 0 bridgehead atoms. The number of allylic oxidation sites excluding steroid dienone is 1. The molecule has 3 N–H and O–H groups in total. The van der Waals surface area contributed by atoms with E-state index in [1.807, 2.05) is 98.1 Å². The van der Waals surface area contributed by atoms with E-state index < -0.39 is 35.2 Å². The Kier molecular flexibility index (Phi) is 35.4. The molecular formula is C100H96BrClF9N3O. The third-order valence-electron chi connectivity index (χ3n) is 19.4. The Balaban J connectivity index is 0.000000181. The Hall–Kier alpha value is -10.7. The van der Waals surface area contributed by atoms with Crippen LogP contribution in [0.25, 0.3) is 49.2 Å². The number of nitrogens with one attached hydrogen (secondary N) is 1. The molecule has 4 atom stereocenters. The van der Waals surface area contributed by atoms with Gasteiger partial charge >= 0.3 is 18.5 Å². The molecule has 115 heavy (non-hydrogen) atoms. The van der Waals surface area contributed by atoms with Gasteiger partial charge in [-0.1, -0.05) is 350 Å². The minimum Gasteiger partial charge on any atom is -0.324 e. The van der Waals surface area contributed by atoms with Crippen LogP contribution in [0.5, 0.6) is 0 Å². The summed E-state index contributed by atoms with van der Waals surface area (Å²) in [5, 5.41) is 14.3. The molecule has 0 aliphatic carbocycles. The van der Waals surface area contributed by atoms with Crippen LogP contribution < -0.4 is 11.1 Å². The molecule has 0 aliphatic heterocycles. The summed E-state index contributed by atoms with van der Waals surface area (Å²) in [5.74, 6) is 0.192. The SMILES string of the molecule is C[C@@H](/C(=C\c1ccccc1)CCCc1cccc(C(F)(F)F)c1)c1cccc2ccccc12.C[C@@H](N)c1cccc2ccccc12.C[C@@H](N=Cc1ccccc1)c1cccc2ccccc12.C[C@@H](NCCCc1cccc(C(F)(F)F)c1)c1cccc2ccccc12.Cl.FC(F)(F)c1cccc(CCCBr)c1.O=Cc1ccccc1. The number of nitrogens with zero attached hydrogens (tertiary/aromatic N) is 1. The van der Waals surface area contributed by atoms with Gasteiger partial charge in [-0.3, -0.25) is 9.79 Å². The molecule has 0 aromatic heterocycles. The van der Waals surface area contributed by atoms with Crippen molar-refractivity contribution in [2.75, 3.05) is 11.9 Å². The molecule has 14 aromatic carbocycles. The molecule has 0 saturated heterocycles. The maximum atomic E-state index is 13.1. The molecule has 14 rings (SSSR count). The lowest BCUT2D eigenvalue weighted by Crippen LogP contribution is -2.20. The molecule has 0 spiro atoms. The highest BCUT2D eigenvalue weighted by molar-refractivity contribution is 9.09. The van der Waals surface area contributed by atoms with Crippen molar-refractivity contribution in [1.29, 1.82) is 0 Å². The predicted molar refractivity (Wildman–Crippen MR) is 467 cm³/mol. The van der Waals surface area contributed by atoms with Crippen LogP contribution in [0.1, 0.15) is 155 Å². The first-order chi connectivity index (χ1) is 55.0. The smallest absolute Gasteiger partial charge is 0.324 e. The number of hydrogen-bond acceptors (Lipinski definition) is 4. The molecule has 0 fully saturated rings. The fraction of sp³-hybridized carbons (Fsp3) is 0.200. The maximum absolute atomic E-state index is 13.1. The third-order valence-corrected chi connectivity index (χ3v) is 20.0. The number of rotatable bonds is 21. The van der Waals surface area contributed by atoms with E-state index in [-0.39, 0.29) is 36.5 Å². The molecule has 0 unspecified atom stereocenters. The van der Waals surface area contributed by atoms with Gasteiger partial charge < -0.3 is 11.1 Å². The first kappa shape index (κ1) is 89.8. The average molecular weight is 1640 g/mol. The van der Waals surface area contributed by atoms with Crippen LogP contribution in [0, 0.1) is 0 Å². The van der Waals surface area contributed by atoms with Crippen LogP contribution in [0.4, 0.5) is 39.5 Å². The molecule has 15 heteroatoms. The normalized spacial score (nSPS) is 12.5. The number of hydrogen-bond donors (Lipinski definition) is 2. The zero-order valence-electron chi connectivity index (χ0n) is 64.8. The zero-order chi connectivity index (χ0) is 81.3. The van der Waals surface area contributed by atoms with Crippen molar-refractivity contribution in [2.24, 2.45) is 10.7 Å². The van der Waals surface area contributed by atoms with Gasteiger partial charge in [-0.05, 0) is 184 Å². The maximum Gasteiger partial charge on any atom is 0.416 e. The molecule has 0 radical (unpaired) electrons. The number of carbonyl (C=O) groups excluding carboxylic acids is 1. The quantitative estimate of drug-likeness (QED) is 0.0248. The van der Waals surface area contributed by atoms with Gasteiger partial charge in [-0.25, -0.2) is 0 Å². The minimum atomic E-state index is -4.31. The summed E-state index contributed by atoms with van der Waals surface area (Å²) in [5.41, 5.74) is 15.6. The molecule has 0 aliphatic rings. The summed E-state index contributed by atoms with van der Waals surface area (Å²) in [7, 11) is 0. The number of benzene rings is 14. The van der Waals surface area contributed by atoms with Crippen LogP contribution in [0.2, 0.25) is 0 Å². The number of alkyl halides is 10. The summed E-state index contributed by atoms with van der Waals surface area (Å²) in [6, 6.07) is 106. The Morgan fingerprint density at radius 1 is 0.391 bits per heavy atom. The number of nitrogens with two attached hydrogens (primary N) is 1. The summed E-state index contributed by atoms with van der Waals surface area (Å²) in [6.07, 6.45) is -2.65. The number of fused-ring (bicyclic) bond motifs is 4. The lowest BCUT2D eigenvalue weighted by Gasteiger charge is -2.19. The minimum absolute atomic E-state index is 0. The third kappa shape index (κ3) is 28.3. The molecule has 0 saturated carbocycles. The summed E-state index contributed by atoms with van der Waals surface area (Å²) < 4.78 is 114. The van der Waals surface area contributed by atoms with E-state index in [2.05, 4.69) is 217 Å². The summed E-state index contributed by atoms with van der Waals surface area (Å²) in [4.78, 5) is 14.7. The number of aryl methyl sites for hydroxylation is 3. The van der Waals surface area contributed by atoms with Crippen LogP contribution in [0.3, 0.4) is 0 Å². The second-order valence-electron chi connectivity index (χ2n) is 27.8. The van der Waals surface area contributed by atoms with E-state index in [0.717, 1.165) is 95.4 Å². The standard InChI is InChI=1S/C30H27F3.C22H22F3N.C19H17N.C12H13N.C10H10BrF3.C7H6O.ClH/c1-22(28-19-9-15-25-14-5-6-18-29(25)28)26(20-23-10-3-2-4-11-23)16-7-12-24-13-8-17-27(21-24)30(31,32)33;1-16(20-13-5-10-18-9-2-3-12-21(18)20)26-14-6-8-17-7-4-11-19(15-17)22(23,24)25;1-15(20-14-16-8-3-2-4-9-16)18-13-7-11-17-10-5-6-12-19(17)18;1-9(13)11-8-4-6-10-5-2-3-7-12(10)11;11-6-2-4-8-3-1-5-9(7-8)10(12,13)14;8-6-7-4-2-1-3-5-7;/h2-6,8-11,13-15,17-22H,7,12,16H2,1H3;2-5,7,9-13,15-16,26H,6,8,14H2,1H3;2-15H,1H3;2-9H,13H2,1H3;1,3,5,7H,2,4,6H2;1-6H;1H/b26-20-;;;;;;/t22-;16-;15-;9-;;;/m0111.../s1. The second kappa shape index (κ2) is 45.4. The van der Waals surface area contributed by atoms with E-state index >= 15 is 0 Å². The van der Waals surface area contributed by atoms with Crippen molar-refractivity contribution in [3.63, 3.8) is 0 Å². The Morgan fingerprint density at radius 3 is 1.15 bits per heavy atom. The van der Waals surface area contributed by atoms with Gasteiger partial charge in [-0.15, -0.1) is 12.4 Å². The van der Waals surface area contributed by atoms with Gasteiger partial charge in [-0.2, -0.15) is 39.5 Å². The van der Waals surface area contributed by atoms with E-state index in [1.54, 1.807) is 30.3 Å². The fourth-order valence-corrected chi connectivity index (χ4v) is 13.7. The van der Waals surface area contributed by atoms with E-state index in [1.165, 1.54) is 107 Å². The van der Waals surface area contributed by atoms with Gasteiger partial charge in [0.2, 0.25) is 0 Å². The summed E-state index contributed by atoms with van der Waals surface area (Å²) >= 11 is 3.24. The Morgan fingerprint density at radius 2 is 0.730 bits per heavy atom. The van der Waals surface area contributed by atoms with Crippen LogP contribution in [-0.2, 0) is 37.8 Å². The highest BCUT2D eigenvalue weighted by Gasteiger charge is 2.32. The second-order valence-corrected chi connectivity index (χ2v) is 28.6. The summed E-state index contributed by atoms with van der Waals surface area (Å²) in [6.45, 7) is 9.25. The Bertz CT molecular complexity index is 5320. The molecule has 4 nitrogen and oxygen atoms in total. The lowest BCUT2D eigenvalue weighted by atomic mass is 9.85. The molecule has 0 amide bonds. The number of aldehydes is 1. The van der Waals surface area contributed by atoms with Crippen LogP contribution in [-0.4, -0.2) is 24.4 Å². The van der Waals surface area contributed by atoms with Gasteiger partial charge in [0.05, 0.1) is 22.7 Å². The fourth-order valence-electron chi connectivity index (χ4n) is 13.4. The van der Waals surface area contributed by atoms with Crippen molar-refractivity contribution in [2.45, 2.75) is 115 Å². The Labute approximate surface area is 684 Å². The highest BCUT2D eigenvalue weighted by atomic mass is 79.9. The van der Waals surface area contributed by atoms with Gasteiger partial charge in [0, 0.05) is 35.1 Å². The van der Waals surface area contributed by atoms with E-state index in [4.69, 9.17) is 5.73 Å². The monoisotopic (exact) mass is 1640 g/mol. The number of halogens is 11. The van der Waals surface area contributed by atoms with Gasteiger partial charge in [0.25, 0.3) is 0 Å². The van der Waals surface area contributed by atoms with E-state index in [0.29, 0.717) is 19.3 Å². The van der Waals surface area contributed by atoms with Crippen LogP contribution in [0.15, 0.2) is 344 Å². The molecule has 0 heterocycles. The van der Waals surface area contributed by atoms with Gasteiger partial charge in [0.15, 0.2) is 0 Å². The van der Waals surface area contributed by atoms with Gasteiger partial charge in [0.1, 0.15) is 6.29 Å².